The maximum atomic E-state index is 13.7. The number of benzene rings is 1. The third-order valence-corrected chi connectivity index (χ3v) is 7.15. The van der Waals surface area contributed by atoms with E-state index in [2.05, 4.69) is 20.9 Å². The van der Waals surface area contributed by atoms with Crippen molar-refractivity contribution in [2.24, 2.45) is 4.99 Å². The highest BCUT2D eigenvalue weighted by Crippen LogP contribution is 2.38. The molecule has 4 heterocycles. The summed E-state index contributed by atoms with van der Waals surface area (Å²) in [5.74, 6) is 1.81. The molecule has 2 aromatic heterocycles. The van der Waals surface area contributed by atoms with Crippen LogP contribution in [0.2, 0.25) is 0 Å². The van der Waals surface area contributed by atoms with Gasteiger partial charge in [-0.3, -0.25) is 9.36 Å². The fourth-order valence-corrected chi connectivity index (χ4v) is 5.76. The molecule has 1 aromatic carbocycles. The van der Waals surface area contributed by atoms with Crippen LogP contribution in [0.15, 0.2) is 54.2 Å². The SMILES string of the molecule is CCOC(=O)C1=C(C)N=c2s/c(=C/c3cc(Br)c(N(C)C)o3)c(=O)n2[C@H]1c1ccc2c(c1)OCO2. The van der Waals surface area contributed by atoms with Crippen molar-refractivity contribution in [3.05, 3.63) is 71.0 Å². The van der Waals surface area contributed by atoms with Crippen molar-refractivity contribution in [1.82, 2.24) is 4.57 Å². The number of halogens is 1. The number of esters is 1. The molecule has 182 valence electrons. The van der Waals surface area contributed by atoms with Crippen molar-refractivity contribution < 1.29 is 23.4 Å². The maximum absolute atomic E-state index is 13.7. The smallest absolute Gasteiger partial charge is 0.338 e. The number of nitrogens with zero attached hydrogens (tertiary/aromatic N) is 3. The zero-order valence-electron chi connectivity index (χ0n) is 19.5. The first-order valence-corrected chi connectivity index (χ1v) is 12.4. The summed E-state index contributed by atoms with van der Waals surface area (Å²) in [7, 11) is 3.73. The highest BCUT2D eigenvalue weighted by atomic mass is 79.9. The molecule has 2 aliphatic rings. The van der Waals surface area contributed by atoms with Crippen molar-refractivity contribution in [2.45, 2.75) is 19.9 Å². The molecule has 0 amide bonds. The molecule has 5 rings (SSSR count). The van der Waals surface area contributed by atoms with Crippen LogP contribution in [-0.4, -0.2) is 38.0 Å². The molecule has 0 aliphatic carbocycles. The lowest BCUT2D eigenvalue weighted by Gasteiger charge is -2.24. The minimum absolute atomic E-state index is 0.120. The van der Waals surface area contributed by atoms with Crippen LogP contribution < -0.4 is 29.3 Å². The maximum Gasteiger partial charge on any atom is 0.338 e. The van der Waals surface area contributed by atoms with Gasteiger partial charge < -0.3 is 23.5 Å². The lowest BCUT2D eigenvalue weighted by molar-refractivity contribution is -0.139. The molecule has 2 aliphatic heterocycles. The van der Waals surface area contributed by atoms with E-state index in [1.165, 1.54) is 15.9 Å². The highest BCUT2D eigenvalue weighted by Gasteiger charge is 2.34. The van der Waals surface area contributed by atoms with E-state index in [1.54, 1.807) is 38.1 Å². The second-order valence-electron chi connectivity index (χ2n) is 8.11. The van der Waals surface area contributed by atoms with Crippen LogP contribution in [0.4, 0.5) is 5.88 Å². The summed E-state index contributed by atoms with van der Waals surface area (Å²) in [6.07, 6.45) is 1.68. The Labute approximate surface area is 212 Å². The Morgan fingerprint density at radius 3 is 2.80 bits per heavy atom. The molecule has 0 spiro atoms. The molecular weight excluding hydrogens is 538 g/mol. The van der Waals surface area contributed by atoms with Crippen molar-refractivity contribution in [2.75, 3.05) is 32.4 Å². The minimum Gasteiger partial charge on any atom is -0.463 e. The zero-order chi connectivity index (χ0) is 24.9. The van der Waals surface area contributed by atoms with Crippen molar-refractivity contribution in [1.29, 1.82) is 0 Å². The van der Waals surface area contributed by atoms with Gasteiger partial charge in [-0.2, -0.15) is 0 Å². The average Bonchev–Trinajstić information content (AvgIpc) is 3.50. The molecule has 0 saturated heterocycles. The number of hydrogen-bond acceptors (Lipinski definition) is 9. The number of fused-ring (bicyclic) bond motifs is 2. The number of thiazole rings is 1. The molecule has 0 N–H and O–H groups in total. The average molecular weight is 560 g/mol. The molecule has 9 nitrogen and oxygen atoms in total. The van der Waals surface area contributed by atoms with Gasteiger partial charge in [0, 0.05) is 26.2 Å². The van der Waals surface area contributed by atoms with Crippen LogP contribution in [0, 0.1) is 0 Å². The van der Waals surface area contributed by atoms with Crippen molar-refractivity contribution in [3.63, 3.8) is 0 Å². The predicted octanol–water partition coefficient (Wildman–Crippen LogP) is 2.95. The standard InChI is InChI=1S/C24H22BrN3O6S/c1-5-31-23(30)19-12(2)26-24-28(20(19)13-6-7-16-17(8-13)33-11-32-16)21(29)18(35-24)10-14-9-15(25)22(34-14)27(3)4/h6-10,20H,5,11H2,1-4H3/b18-10+/t20-/m0/s1. The van der Waals surface area contributed by atoms with E-state index in [9.17, 15) is 9.59 Å². The van der Waals surface area contributed by atoms with E-state index in [0.29, 0.717) is 49.3 Å². The molecule has 0 fully saturated rings. The van der Waals surface area contributed by atoms with Crippen molar-refractivity contribution >= 4 is 45.2 Å². The second-order valence-corrected chi connectivity index (χ2v) is 9.97. The van der Waals surface area contributed by atoms with E-state index in [-0.39, 0.29) is 19.0 Å². The second kappa shape index (κ2) is 9.04. The topological polar surface area (TPSA) is 95.5 Å². The van der Waals surface area contributed by atoms with Gasteiger partial charge in [-0.25, -0.2) is 9.79 Å². The van der Waals surface area contributed by atoms with Gasteiger partial charge in [0.25, 0.3) is 5.56 Å². The number of ether oxygens (including phenoxy) is 3. The first-order valence-electron chi connectivity index (χ1n) is 10.8. The van der Waals surface area contributed by atoms with Gasteiger partial charge in [-0.05, 0) is 47.5 Å². The number of allylic oxidation sites excluding steroid dienone is 1. The number of carbonyl (C=O) groups is 1. The summed E-state index contributed by atoms with van der Waals surface area (Å²) in [6.45, 7) is 3.81. The third kappa shape index (κ3) is 4.08. The number of hydrogen-bond donors (Lipinski definition) is 0. The Hall–Kier alpha value is -3.31. The highest BCUT2D eigenvalue weighted by molar-refractivity contribution is 9.10. The lowest BCUT2D eigenvalue weighted by atomic mass is 9.95. The minimum atomic E-state index is -0.734. The lowest BCUT2D eigenvalue weighted by Crippen LogP contribution is -2.39. The number of aromatic nitrogens is 1. The van der Waals surface area contributed by atoms with E-state index < -0.39 is 12.0 Å². The molecule has 0 radical (unpaired) electrons. The fourth-order valence-electron chi connectivity index (χ4n) is 4.07. The summed E-state index contributed by atoms with van der Waals surface area (Å²) in [5, 5.41) is 0. The van der Waals surface area contributed by atoms with E-state index in [0.717, 1.165) is 4.47 Å². The Kier molecular flexibility index (Phi) is 6.06. The van der Waals surface area contributed by atoms with Crippen molar-refractivity contribution in [3.8, 4) is 11.5 Å². The van der Waals surface area contributed by atoms with E-state index >= 15 is 0 Å². The molecule has 0 saturated carbocycles. The molecule has 35 heavy (non-hydrogen) atoms. The van der Waals surface area contributed by atoms with Crippen LogP contribution in [0.1, 0.15) is 31.2 Å². The van der Waals surface area contributed by atoms with Crippen LogP contribution in [0.3, 0.4) is 0 Å². The van der Waals surface area contributed by atoms with Gasteiger partial charge in [0.05, 0.1) is 32.9 Å². The van der Waals surface area contributed by atoms with Crippen LogP contribution in [0.25, 0.3) is 6.08 Å². The first-order chi connectivity index (χ1) is 16.8. The quantitative estimate of drug-likeness (QED) is 0.443. The van der Waals surface area contributed by atoms with E-state index in [1.807, 2.05) is 25.1 Å². The summed E-state index contributed by atoms with van der Waals surface area (Å²) in [4.78, 5) is 33.6. The predicted molar refractivity (Wildman–Crippen MR) is 134 cm³/mol. The number of rotatable bonds is 5. The molecule has 0 unspecified atom stereocenters. The largest absolute Gasteiger partial charge is 0.463 e. The van der Waals surface area contributed by atoms with Crippen LogP contribution >= 0.6 is 27.3 Å². The molecule has 1 atom stereocenters. The van der Waals surface area contributed by atoms with Gasteiger partial charge in [0.2, 0.25) is 12.7 Å². The summed E-state index contributed by atoms with van der Waals surface area (Å²) in [6, 6.07) is 6.45. The van der Waals surface area contributed by atoms with Gasteiger partial charge in [-0.15, -0.1) is 0 Å². The van der Waals surface area contributed by atoms with Gasteiger partial charge >= 0.3 is 5.97 Å². The Balaban J connectivity index is 1.70. The Morgan fingerprint density at radius 1 is 1.31 bits per heavy atom. The van der Waals surface area contributed by atoms with Gasteiger partial charge in [0.1, 0.15) is 5.76 Å². The zero-order valence-corrected chi connectivity index (χ0v) is 21.9. The molecule has 11 heteroatoms. The normalized spacial score (nSPS) is 16.8. The monoisotopic (exact) mass is 559 g/mol. The molecular formula is C24H22BrN3O6S. The number of carbonyl (C=O) groups excluding carboxylic acids is 1. The fraction of sp³-hybridized carbons (Fsp3) is 0.292. The molecule has 3 aromatic rings. The Bertz CT molecular complexity index is 1550. The van der Waals surface area contributed by atoms with E-state index in [4.69, 9.17) is 18.6 Å². The summed E-state index contributed by atoms with van der Waals surface area (Å²) < 4.78 is 24.9. The van der Waals surface area contributed by atoms with Gasteiger partial charge in [-0.1, -0.05) is 17.4 Å². The summed E-state index contributed by atoms with van der Waals surface area (Å²) in [5.41, 5.74) is 1.20. The van der Waals surface area contributed by atoms with Crippen LogP contribution in [-0.2, 0) is 9.53 Å². The number of anilines is 1. The van der Waals surface area contributed by atoms with Crippen LogP contribution in [0.5, 0.6) is 11.5 Å². The first kappa shape index (κ1) is 23.4. The Morgan fingerprint density at radius 2 is 2.09 bits per heavy atom. The number of furan rings is 1. The summed E-state index contributed by atoms with van der Waals surface area (Å²) >= 11 is 4.72. The molecule has 0 bridgehead atoms. The van der Waals surface area contributed by atoms with Gasteiger partial charge in [0.15, 0.2) is 16.3 Å². The third-order valence-electron chi connectivity index (χ3n) is 5.60.